The summed E-state index contributed by atoms with van der Waals surface area (Å²) >= 11 is 0. The fourth-order valence-electron chi connectivity index (χ4n) is 2.12. The first kappa shape index (κ1) is 15.5. The van der Waals surface area contributed by atoms with E-state index in [2.05, 4.69) is 15.6 Å². The number of rotatable bonds is 4. The van der Waals surface area contributed by atoms with Gasteiger partial charge in [-0.05, 0) is 19.1 Å². The van der Waals surface area contributed by atoms with Crippen molar-refractivity contribution >= 4 is 18.3 Å². The van der Waals surface area contributed by atoms with Crippen molar-refractivity contribution in [1.82, 2.24) is 15.6 Å². The number of amides is 1. The highest BCUT2D eigenvalue weighted by Crippen LogP contribution is 2.21. The molecular formula is C15H18ClN3O2. The van der Waals surface area contributed by atoms with Gasteiger partial charge in [0.25, 0.3) is 5.91 Å². The van der Waals surface area contributed by atoms with E-state index in [4.69, 9.17) is 4.42 Å². The molecule has 2 heterocycles. The predicted molar refractivity (Wildman–Crippen MR) is 82.6 cm³/mol. The predicted octanol–water partition coefficient (Wildman–Crippen LogP) is 2.02. The Morgan fingerprint density at radius 2 is 2.10 bits per heavy atom. The highest BCUT2D eigenvalue weighted by Gasteiger charge is 2.21. The molecule has 2 aromatic rings. The normalized spacial score (nSPS) is 14.1. The third-order valence-corrected chi connectivity index (χ3v) is 3.45. The molecule has 1 aliphatic rings. The standard InChI is InChI=1S/C15H17N3O2.ClH/c1-10-13(14(19)17-9-11-7-16-8-11)18-15(20-10)12-5-3-2-4-6-12;/h2-6,11,16H,7-9H2,1H3,(H,17,19);1H. The van der Waals surface area contributed by atoms with Crippen LogP contribution in [-0.4, -0.2) is 30.5 Å². The Bertz CT molecular complexity index is 609. The highest BCUT2D eigenvalue weighted by molar-refractivity contribution is 5.93. The summed E-state index contributed by atoms with van der Waals surface area (Å²) < 4.78 is 5.58. The fraction of sp³-hybridized carbons (Fsp3) is 0.333. The Labute approximate surface area is 129 Å². The van der Waals surface area contributed by atoms with Crippen LogP contribution in [0.5, 0.6) is 0 Å². The van der Waals surface area contributed by atoms with Crippen molar-refractivity contribution < 1.29 is 9.21 Å². The zero-order valence-electron chi connectivity index (χ0n) is 11.8. The number of hydrogen-bond acceptors (Lipinski definition) is 4. The molecule has 1 amide bonds. The van der Waals surface area contributed by atoms with Crippen LogP contribution in [0.1, 0.15) is 16.2 Å². The summed E-state index contributed by atoms with van der Waals surface area (Å²) in [6, 6.07) is 9.58. The lowest BCUT2D eigenvalue weighted by Gasteiger charge is -2.26. The molecule has 1 fully saturated rings. The van der Waals surface area contributed by atoms with E-state index in [1.54, 1.807) is 6.92 Å². The highest BCUT2D eigenvalue weighted by atomic mass is 35.5. The Morgan fingerprint density at radius 3 is 2.71 bits per heavy atom. The average molecular weight is 308 g/mol. The number of nitrogens with zero attached hydrogens (tertiary/aromatic N) is 1. The smallest absolute Gasteiger partial charge is 0.273 e. The number of nitrogens with one attached hydrogen (secondary N) is 2. The fourth-order valence-corrected chi connectivity index (χ4v) is 2.12. The molecule has 0 bridgehead atoms. The summed E-state index contributed by atoms with van der Waals surface area (Å²) in [5, 5.41) is 6.08. The van der Waals surface area contributed by atoms with E-state index in [9.17, 15) is 4.79 Å². The first-order valence-electron chi connectivity index (χ1n) is 6.76. The van der Waals surface area contributed by atoms with E-state index in [0.29, 0.717) is 29.8 Å². The lowest BCUT2D eigenvalue weighted by Crippen LogP contribution is -2.48. The SMILES string of the molecule is Cc1oc(-c2ccccc2)nc1C(=O)NCC1CNC1.Cl. The summed E-state index contributed by atoms with van der Waals surface area (Å²) in [4.78, 5) is 16.4. The molecular weight excluding hydrogens is 290 g/mol. The van der Waals surface area contributed by atoms with Gasteiger partial charge in [-0.2, -0.15) is 0 Å². The van der Waals surface area contributed by atoms with Crippen molar-refractivity contribution in [3.8, 4) is 11.5 Å². The molecule has 0 aliphatic carbocycles. The van der Waals surface area contributed by atoms with Crippen LogP contribution in [0.2, 0.25) is 0 Å². The molecule has 1 aromatic carbocycles. The molecule has 1 saturated heterocycles. The van der Waals surface area contributed by atoms with Crippen LogP contribution in [0.4, 0.5) is 0 Å². The number of halogens is 1. The number of oxazole rings is 1. The van der Waals surface area contributed by atoms with Crippen molar-refractivity contribution in [2.75, 3.05) is 19.6 Å². The Morgan fingerprint density at radius 1 is 1.38 bits per heavy atom. The van der Waals surface area contributed by atoms with Gasteiger partial charge in [-0.1, -0.05) is 18.2 Å². The van der Waals surface area contributed by atoms with Gasteiger partial charge in [-0.25, -0.2) is 4.98 Å². The van der Waals surface area contributed by atoms with Crippen LogP contribution < -0.4 is 10.6 Å². The average Bonchev–Trinajstić information content (AvgIpc) is 2.80. The zero-order chi connectivity index (χ0) is 13.9. The molecule has 6 heteroatoms. The second-order valence-corrected chi connectivity index (χ2v) is 5.02. The Balaban J connectivity index is 0.00000161. The molecule has 21 heavy (non-hydrogen) atoms. The van der Waals surface area contributed by atoms with Crippen molar-refractivity contribution in [3.63, 3.8) is 0 Å². The van der Waals surface area contributed by atoms with Gasteiger partial charge in [0.1, 0.15) is 5.76 Å². The van der Waals surface area contributed by atoms with Crippen LogP contribution in [0.3, 0.4) is 0 Å². The van der Waals surface area contributed by atoms with Crippen LogP contribution in [0, 0.1) is 12.8 Å². The Kier molecular flexibility index (Phi) is 4.98. The molecule has 3 rings (SSSR count). The van der Waals surface area contributed by atoms with E-state index >= 15 is 0 Å². The molecule has 0 atom stereocenters. The van der Waals surface area contributed by atoms with Gasteiger partial charge >= 0.3 is 0 Å². The number of hydrogen-bond donors (Lipinski definition) is 2. The van der Waals surface area contributed by atoms with Gasteiger partial charge in [0, 0.05) is 31.1 Å². The monoisotopic (exact) mass is 307 g/mol. The quantitative estimate of drug-likeness (QED) is 0.907. The second kappa shape index (κ2) is 6.74. The van der Waals surface area contributed by atoms with Crippen LogP contribution in [0.25, 0.3) is 11.5 Å². The molecule has 0 saturated carbocycles. The number of benzene rings is 1. The zero-order valence-corrected chi connectivity index (χ0v) is 12.6. The molecule has 0 spiro atoms. The Hall–Kier alpha value is -1.85. The molecule has 1 aromatic heterocycles. The maximum Gasteiger partial charge on any atom is 0.273 e. The van der Waals surface area contributed by atoms with Crippen molar-refractivity contribution in [1.29, 1.82) is 0 Å². The van der Waals surface area contributed by atoms with Gasteiger partial charge in [0.15, 0.2) is 5.69 Å². The third-order valence-electron chi connectivity index (χ3n) is 3.45. The molecule has 0 radical (unpaired) electrons. The lowest BCUT2D eigenvalue weighted by atomic mass is 10.0. The van der Waals surface area contributed by atoms with E-state index in [1.807, 2.05) is 30.3 Å². The molecule has 1 aliphatic heterocycles. The summed E-state index contributed by atoms with van der Waals surface area (Å²) in [6.45, 7) is 4.37. The third kappa shape index (κ3) is 3.43. The van der Waals surface area contributed by atoms with Gasteiger partial charge < -0.3 is 15.1 Å². The van der Waals surface area contributed by atoms with Gasteiger partial charge in [0.2, 0.25) is 5.89 Å². The summed E-state index contributed by atoms with van der Waals surface area (Å²) in [6.07, 6.45) is 0. The van der Waals surface area contributed by atoms with E-state index in [0.717, 1.165) is 18.7 Å². The van der Waals surface area contributed by atoms with E-state index in [-0.39, 0.29) is 18.3 Å². The maximum absolute atomic E-state index is 12.1. The number of carbonyl (C=O) groups is 1. The van der Waals surface area contributed by atoms with Crippen LogP contribution >= 0.6 is 12.4 Å². The summed E-state index contributed by atoms with van der Waals surface area (Å²) in [5.74, 6) is 1.40. The van der Waals surface area contributed by atoms with Crippen LogP contribution in [0.15, 0.2) is 34.7 Å². The van der Waals surface area contributed by atoms with Crippen molar-refractivity contribution in [2.45, 2.75) is 6.92 Å². The minimum Gasteiger partial charge on any atom is -0.441 e. The first-order valence-corrected chi connectivity index (χ1v) is 6.76. The second-order valence-electron chi connectivity index (χ2n) is 5.02. The largest absolute Gasteiger partial charge is 0.441 e. The molecule has 112 valence electrons. The van der Waals surface area contributed by atoms with Gasteiger partial charge in [-0.3, -0.25) is 4.79 Å². The maximum atomic E-state index is 12.1. The summed E-state index contributed by atoms with van der Waals surface area (Å²) in [7, 11) is 0. The number of aryl methyl sites for hydroxylation is 1. The first-order chi connectivity index (χ1) is 9.74. The van der Waals surface area contributed by atoms with Crippen molar-refractivity contribution in [3.05, 3.63) is 41.8 Å². The van der Waals surface area contributed by atoms with Crippen LogP contribution in [-0.2, 0) is 0 Å². The lowest BCUT2D eigenvalue weighted by molar-refractivity contribution is 0.0936. The number of carbonyl (C=O) groups excluding carboxylic acids is 1. The van der Waals surface area contributed by atoms with Gasteiger partial charge in [0.05, 0.1) is 0 Å². The van der Waals surface area contributed by atoms with E-state index in [1.165, 1.54) is 0 Å². The van der Waals surface area contributed by atoms with E-state index < -0.39 is 0 Å². The minimum atomic E-state index is -0.166. The molecule has 0 unspecified atom stereocenters. The molecule has 2 N–H and O–H groups in total. The molecule has 5 nitrogen and oxygen atoms in total. The minimum absolute atomic E-state index is 0. The van der Waals surface area contributed by atoms with Crippen molar-refractivity contribution in [2.24, 2.45) is 5.92 Å². The van der Waals surface area contributed by atoms with Gasteiger partial charge in [-0.15, -0.1) is 12.4 Å². The number of aromatic nitrogens is 1. The topological polar surface area (TPSA) is 67.2 Å². The summed E-state index contributed by atoms with van der Waals surface area (Å²) in [5.41, 5.74) is 1.24.